The van der Waals surface area contributed by atoms with Gasteiger partial charge in [-0.15, -0.1) is 11.3 Å². The maximum absolute atomic E-state index is 5.77. The lowest BCUT2D eigenvalue weighted by Crippen LogP contribution is -2.10. The van der Waals surface area contributed by atoms with Crippen molar-refractivity contribution in [3.8, 4) is 0 Å². The number of thiazole rings is 1. The highest BCUT2D eigenvalue weighted by atomic mass is 32.1. The summed E-state index contributed by atoms with van der Waals surface area (Å²) >= 11 is 1.60. The molecule has 0 fully saturated rings. The molecule has 3 N–H and O–H groups in total. The third kappa shape index (κ3) is 1.88. The summed E-state index contributed by atoms with van der Waals surface area (Å²) in [5.74, 6) is 1.12. The Bertz CT molecular complexity index is 659. The molecule has 0 saturated carbocycles. The first kappa shape index (κ1) is 11.0. The predicted octanol–water partition coefficient (Wildman–Crippen LogP) is 1.94. The Morgan fingerprint density at radius 2 is 2.28 bits per heavy atom. The maximum Gasteiger partial charge on any atom is 0.180 e. The molecule has 0 aromatic carbocycles. The van der Waals surface area contributed by atoms with Crippen molar-refractivity contribution >= 4 is 28.6 Å². The van der Waals surface area contributed by atoms with Gasteiger partial charge in [-0.3, -0.25) is 0 Å². The van der Waals surface area contributed by atoms with Gasteiger partial charge in [-0.25, -0.2) is 15.0 Å². The van der Waals surface area contributed by atoms with Gasteiger partial charge in [-0.1, -0.05) is 0 Å². The number of aromatic nitrogens is 4. The Balaban J connectivity index is 1.97. The van der Waals surface area contributed by atoms with Crippen molar-refractivity contribution in [3.63, 3.8) is 0 Å². The summed E-state index contributed by atoms with van der Waals surface area (Å²) in [7, 11) is 0. The number of hydrogen-bond acceptors (Lipinski definition) is 6. The van der Waals surface area contributed by atoms with E-state index in [4.69, 9.17) is 5.73 Å². The topological polar surface area (TPSA) is 81.1 Å². The fourth-order valence-corrected chi connectivity index (χ4v) is 2.41. The van der Waals surface area contributed by atoms with Crippen LogP contribution in [-0.2, 0) is 0 Å². The van der Waals surface area contributed by atoms with Crippen molar-refractivity contribution in [2.45, 2.75) is 13.0 Å². The summed E-state index contributed by atoms with van der Waals surface area (Å²) < 4.78 is 1.85. The molecule has 3 aromatic rings. The summed E-state index contributed by atoms with van der Waals surface area (Å²) in [6, 6.07) is 0.0693. The number of rotatable bonds is 3. The number of nitrogens with one attached hydrogen (secondary N) is 1. The van der Waals surface area contributed by atoms with Gasteiger partial charge in [0.05, 0.1) is 12.2 Å². The molecule has 0 aliphatic carbocycles. The minimum atomic E-state index is 0.0693. The number of fused-ring (bicyclic) bond motifs is 1. The van der Waals surface area contributed by atoms with Crippen LogP contribution in [0, 0.1) is 0 Å². The quantitative estimate of drug-likeness (QED) is 0.752. The van der Waals surface area contributed by atoms with Crippen LogP contribution in [0.25, 0.3) is 5.65 Å². The summed E-state index contributed by atoms with van der Waals surface area (Å²) in [4.78, 5) is 12.8. The predicted molar refractivity (Wildman–Crippen MR) is 71.6 cm³/mol. The molecule has 18 heavy (non-hydrogen) atoms. The molecule has 1 unspecified atom stereocenters. The van der Waals surface area contributed by atoms with Crippen LogP contribution in [0.4, 0.5) is 11.6 Å². The van der Waals surface area contributed by atoms with Crippen molar-refractivity contribution in [2.24, 2.45) is 0 Å². The molecule has 0 bridgehead atoms. The van der Waals surface area contributed by atoms with Gasteiger partial charge in [0.2, 0.25) is 0 Å². The lowest BCUT2D eigenvalue weighted by atomic mass is 10.3. The Morgan fingerprint density at radius 1 is 1.39 bits per heavy atom. The first-order chi connectivity index (χ1) is 8.74. The molecule has 3 rings (SSSR count). The van der Waals surface area contributed by atoms with Crippen molar-refractivity contribution in [1.82, 2.24) is 19.4 Å². The van der Waals surface area contributed by atoms with Crippen molar-refractivity contribution in [1.29, 1.82) is 0 Å². The third-order valence-electron chi connectivity index (χ3n) is 2.57. The van der Waals surface area contributed by atoms with E-state index in [9.17, 15) is 0 Å². The van der Waals surface area contributed by atoms with Gasteiger partial charge < -0.3 is 15.5 Å². The van der Waals surface area contributed by atoms with Crippen LogP contribution in [0.2, 0.25) is 0 Å². The van der Waals surface area contributed by atoms with Gasteiger partial charge in [0.1, 0.15) is 10.8 Å². The van der Waals surface area contributed by atoms with Crippen molar-refractivity contribution in [3.05, 3.63) is 35.2 Å². The van der Waals surface area contributed by atoms with Gasteiger partial charge in [0, 0.05) is 24.0 Å². The summed E-state index contributed by atoms with van der Waals surface area (Å²) in [5.41, 5.74) is 6.52. The molecular weight excluding hydrogens is 248 g/mol. The molecular formula is C11H12N6S. The highest BCUT2D eigenvalue weighted by molar-refractivity contribution is 7.09. The third-order valence-corrected chi connectivity index (χ3v) is 3.53. The summed E-state index contributed by atoms with van der Waals surface area (Å²) in [6.07, 6.45) is 7.08. The van der Waals surface area contributed by atoms with E-state index >= 15 is 0 Å². The van der Waals surface area contributed by atoms with E-state index in [1.54, 1.807) is 29.9 Å². The van der Waals surface area contributed by atoms with Crippen LogP contribution in [-0.4, -0.2) is 19.4 Å². The normalized spacial score (nSPS) is 12.7. The number of nitrogens with two attached hydrogens (primary N) is 1. The maximum atomic E-state index is 5.77. The van der Waals surface area contributed by atoms with Crippen LogP contribution in [0.1, 0.15) is 18.0 Å². The summed E-state index contributed by atoms with van der Waals surface area (Å²) in [5, 5.41) is 6.24. The standard InChI is InChI=1S/C11H12N6S/c1-7(11-14-3-5-18-11)15-9-10-13-2-4-17(10)6-8(12)16-9/h2-7H,12H2,1H3,(H,15,16). The van der Waals surface area contributed by atoms with Gasteiger partial charge >= 0.3 is 0 Å². The first-order valence-electron chi connectivity index (χ1n) is 5.49. The van der Waals surface area contributed by atoms with Crippen LogP contribution in [0.15, 0.2) is 30.2 Å². The Kier molecular flexibility index (Phi) is 2.60. The highest BCUT2D eigenvalue weighted by Crippen LogP contribution is 2.22. The minimum absolute atomic E-state index is 0.0693. The van der Waals surface area contributed by atoms with Crippen LogP contribution < -0.4 is 11.1 Å². The molecule has 1 atom stereocenters. The summed E-state index contributed by atoms with van der Waals surface area (Å²) in [6.45, 7) is 2.03. The zero-order valence-electron chi connectivity index (χ0n) is 9.74. The van der Waals surface area contributed by atoms with Crippen LogP contribution in [0.3, 0.4) is 0 Å². The largest absolute Gasteiger partial charge is 0.382 e. The highest BCUT2D eigenvalue weighted by Gasteiger charge is 2.12. The average molecular weight is 260 g/mol. The van der Waals surface area contributed by atoms with Gasteiger partial charge in [-0.2, -0.15) is 0 Å². The lowest BCUT2D eigenvalue weighted by molar-refractivity contribution is 0.860. The lowest BCUT2D eigenvalue weighted by Gasteiger charge is -2.12. The molecule has 0 aliphatic heterocycles. The van der Waals surface area contributed by atoms with Crippen molar-refractivity contribution in [2.75, 3.05) is 11.1 Å². The van der Waals surface area contributed by atoms with E-state index in [2.05, 4.69) is 20.3 Å². The van der Waals surface area contributed by atoms with Crippen LogP contribution >= 0.6 is 11.3 Å². The van der Waals surface area contributed by atoms with E-state index in [0.717, 1.165) is 10.7 Å². The molecule has 0 radical (unpaired) electrons. The Hall–Kier alpha value is -2.15. The molecule has 0 saturated heterocycles. The fraction of sp³-hybridized carbons (Fsp3) is 0.182. The second-order valence-electron chi connectivity index (χ2n) is 3.91. The van der Waals surface area contributed by atoms with E-state index < -0.39 is 0 Å². The molecule has 3 heterocycles. The van der Waals surface area contributed by atoms with E-state index in [1.807, 2.05) is 22.9 Å². The average Bonchev–Trinajstić information content (AvgIpc) is 2.98. The van der Waals surface area contributed by atoms with Gasteiger partial charge in [0.25, 0.3) is 0 Å². The number of anilines is 2. The Morgan fingerprint density at radius 3 is 3.06 bits per heavy atom. The van der Waals surface area contributed by atoms with Crippen LogP contribution in [0.5, 0.6) is 0 Å². The van der Waals surface area contributed by atoms with E-state index in [0.29, 0.717) is 11.6 Å². The molecule has 0 spiro atoms. The second kappa shape index (κ2) is 4.26. The number of nitrogens with zero attached hydrogens (tertiary/aromatic N) is 4. The number of nitrogen functional groups attached to an aromatic ring is 1. The molecule has 0 aliphatic rings. The monoisotopic (exact) mass is 260 g/mol. The molecule has 6 nitrogen and oxygen atoms in total. The fourth-order valence-electron chi connectivity index (χ4n) is 1.76. The minimum Gasteiger partial charge on any atom is -0.382 e. The molecule has 3 aromatic heterocycles. The van der Waals surface area contributed by atoms with Crippen molar-refractivity contribution < 1.29 is 0 Å². The van der Waals surface area contributed by atoms with E-state index in [-0.39, 0.29) is 6.04 Å². The molecule has 0 amide bonds. The number of imidazole rings is 1. The zero-order valence-corrected chi connectivity index (χ0v) is 10.6. The SMILES string of the molecule is CC(Nc1nc(N)cn2ccnc12)c1nccs1. The molecule has 92 valence electrons. The van der Waals surface area contributed by atoms with Gasteiger partial charge in [-0.05, 0) is 6.92 Å². The second-order valence-corrected chi connectivity index (χ2v) is 4.84. The van der Waals surface area contributed by atoms with Gasteiger partial charge in [0.15, 0.2) is 11.5 Å². The first-order valence-corrected chi connectivity index (χ1v) is 6.37. The molecule has 7 heteroatoms. The van der Waals surface area contributed by atoms with E-state index in [1.165, 1.54) is 0 Å². The number of hydrogen-bond donors (Lipinski definition) is 2. The Labute approximate surface area is 108 Å². The zero-order chi connectivity index (χ0) is 12.5. The smallest absolute Gasteiger partial charge is 0.180 e.